The molecule has 2 aliphatic carbocycles. The molecular weight excluding hydrogens is 338 g/mol. The number of hydrogen-bond acceptors (Lipinski definition) is 3. The number of para-hydroxylation sites is 1. The smallest absolute Gasteiger partial charge is 0.243 e. The number of carbonyl (C=O) groups is 2. The number of fused-ring (bicyclic) bond motifs is 2. The van der Waals surface area contributed by atoms with Crippen molar-refractivity contribution in [3.8, 4) is 0 Å². The van der Waals surface area contributed by atoms with E-state index < -0.39 is 0 Å². The number of benzene rings is 1. The molecule has 138 valence electrons. The molecule has 5 nitrogen and oxygen atoms in total. The van der Waals surface area contributed by atoms with E-state index in [0.29, 0.717) is 11.8 Å². The van der Waals surface area contributed by atoms with Gasteiger partial charge in [0, 0.05) is 18.8 Å². The molecule has 4 atom stereocenters. The normalized spacial score (nSPS) is 26.9. The van der Waals surface area contributed by atoms with Crippen molar-refractivity contribution in [2.75, 3.05) is 18.9 Å². The number of hydrogen-bond donors (Lipinski definition) is 2. The number of anilines is 1. The van der Waals surface area contributed by atoms with Crippen molar-refractivity contribution in [1.29, 1.82) is 0 Å². The highest BCUT2D eigenvalue weighted by Crippen LogP contribution is 2.48. The summed E-state index contributed by atoms with van der Waals surface area (Å²) in [6, 6.07) is 5.85. The van der Waals surface area contributed by atoms with Gasteiger partial charge >= 0.3 is 0 Å². The first-order chi connectivity index (χ1) is 11.4. The molecule has 2 amide bonds. The summed E-state index contributed by atoms with van der Waals surface area (Å²) >= 11 is 0. The second-order valence-electron chi connectivity index (χ2n) is 7.45. The van der Waals surface area contributed by atoms with E-state index in [2.05, 4.69) is 5.32 Å². The van der Waals surface area contributed by atoms with Crippen LogP contribution in [0.25, 0.3) is 0 Å². The van der Waals surface area contributed by atoms with E-state index in [-0.39, 0.29) is 42.7 Å². The number of aryl methyl sites for hydroxylation is 2. The van der Waals surface area contributed by atoms with E-state index in [1.165, 1.54) is 4.90 Å². The van der Waals surface area contributed by atoms with Crippen molar-refractivity contribution < 1.29 is 9.59 Å². The average Bonchev–Trinajstić information content (AvgIpc) is 3.11. The van der Waals surface area contributed by atoms with Gasteiger partial charge in [-0.2, -0.15) is 0 Å². The minimum Gasteiger partial charge on any atom is -0.336 e. The second kappa shape index (κ2) is 7.75. The summed E-state index contributed by atoms with van der Waals surface area (Å²) in [6.45, 7) is 3.99. The van der Waals surface area contributed by atoms with Gasteiger partial charge in [0.1, 0.15) is 0 Å². The number of nitrogens with two attached hydrogens (primary N) is 1. The van der Waals surface area contributed by atoms with Gasteiger partial charge < -0.3 is 16.0 Å². The molecule has 0 aliphatic heterocycles. The molecule has 1 aromatic carbocycles. The topological polar surface area (TPSA) is 75.4 Å². The van der Waals surface area contributed by atoms with E-state index in [9.17, 15) is 9.59 Å². The first-order valence-corrected chi connectivity index (χ1v) is 8.75. The predicted octanol–water partition coefficient (Wildman–Crippen LogP) is 2.50. The third kappa shape index (κ3) is 3.82. The zero-order valence-corrected chi connectivity index (χ0v) is 15.9. The van der Waals surface area contributed by atoms with Crippen molar-refractivity contribution in [1.82, 2.24) is 4.90 Å². The van der Waals surface area contributed by atoms with Crippen molar-refractivity contribution in [3.05, 3.63) is 29.3 Å². The van der Waals surface area contributed by atoms with Gasteiger partial charge in [0.25, 0.3) is 0 Å². The molecule has 0 saturated heterocycles. The summed E-state index contributed by atoms with van der Waals surface area (Å²) in [5.41, 5.74) is 9.12. The van der Waals surface area contributed by atoms with E-state index in [1.54, 1.807) is 7.05 Å². The largest absolute Gasteiger partial charge is 0.336 e. The SMILES string of the molecule is Cc1cccc(C)c1NC(=O)CN(C)C(=O)C1C2CCC(C2)C1N.Cl. The van der Waals surface area contributed by atoms with Crippen LogP contribution in [0.5, 0.6) is 0 Å². The van der Waals surface area contributed by atoms with Gasteiger partial charge in [-0.05, 0) is 56.1 Å². The Hall–Kier alpha value is -1.59. The lowest BCUT2D eigenvalue weighted by Crippen LogP contribution is -2.47. The lowest BCUT2D eigenvalue weighted by molar-refractivity contribution is -0.138. The fraction of sp³-hybridized carbons (Fsp3) is 0.579. The summed E-state index contributed by atoms with van der Waals surface area (Å²) in [5.74, 6) is 0.635. The van der Waals surface area contributed by atoms with E-state index in [4.69, 9.17) is 5.73 Å². The number of amides is 2. The molecule has 2 bridgehead atoms. The van der Waals surface area contributed by atoms with Crippen molar-refractivity contribution >= 4 is 29.9 Å². The first kappa shape index (κ1) is 19.7. The van der Waals surface area contributed by atoms with Crippen LogP contribution in [0.1, 0.15) is 30.4 Å². The van der Waals surface area contributed by atoms with Gasteiger partial charge in [-0.3, -0.25) is 9.59 Å². The molecule has 1 aromatic rings. The van der Waals surface area contributed by atoms with Gasteiger partial charge in [0.2, 0.25) is 11.8 Å². The van der Waals surface area contributed by atoms with Crippen molar-refractivity contribution in [2.45, 2.75) is 39.2 Å². The van der Waals surface area contributed by atoms with Crippen LogP contribution in [0.3, 0.4) is 0 Å². The molecule has 4 unspecified atom stereocenters. The molecule has 3 rings (SSSR count). The minimum atomic E-state index is -0.167. The number of halogens is 1. The number of carbonyl (C=O) groups excluding carboxylic acids is 2. The Morgan fingerprint density at radius 1 is 1.20 bits per heavy atom. The quantitative estimate of drug-likeness (QED) is 0.860. The maximum absolute atomic E-state index is 12.7. The van der Waals surface area contributed by atoms with Crippen molar-refractivity contribution in [3.63, 3.8) is 0 Å². The van der Waals surface area contributed by atoms with Crippen LogP contribution < -0.4 is 11.1 Å². The molecule has 3 N–H and O–H groups in total. The third-order valence-electron chi connectivity index (χ3n) is 5.77. The molecule has 2 aliphatic rings. The molecule has 2 saturated carbocycles. The van der Waals surface area contributed by atoms with Gasteiger partial charge in [0.15, 0.2) is 0 Å². The molecule has 0 heterocycles. The maximum Gasteiger partial charge on any atom is 0.243 e. The van der Waals surface area contributed by atoms with Crippen LogP contribution in [-0.4, -0.2) is 36.3 Å². The van der Waals surface area contributed by atoms with Crippen LogP contribution in [-0.2, 0) is 9.59 Å². The average molecular weight is 366 g/mol. The summed E-state index contributed by atoms with van der Waals surface area (Å²) in [7, 11) is 1.70. The van der Waals surface area contributed by atoms with Crippen LogP contribution in [0.15, 0.2) is 18.2 Å². The van der Waals surface area contributed by atoms with Crippen molar-refractivity contribution in [2.24, 2.45) is 23.5 Å². The monoisotopic (exact) mass is 365 g/mol. The van der Waals surface area contributed by atoms with Crippen LogP contribution in [0.2, 0.25) is 0 Å². The Balaban J connectivity index is 0.00000225. The molecule has 0 spiro atoms. The number of nitrogens with zero attached hydrogens (tertiary/aromatic N) is 1. The number of nitrogens with one attached hydrogen (secondary N) is 1. The molecule has 6 heteroatoms. The predicted molar refractivity (Wildman–Crippen MR) is 102 cm³/mol. The Bertz CT molecular complexity index is 642. The van der Waals surface area contributed by atoms with Crippen LogP contribution >= 0.6 is 12.4 Å². The molecule has 0 aromatic heterocycles. The van der Waals surface area contributed by atoms with Gasteiger partial charge in [-0.15, -0.1) is 12.4 Å². The van der Waals surface area contributed by atoms with Crippen LogP contribution in [0, 0.1) is 31.6 Å². The van der Waals surface area contributed by atoms with Gasteiger partial charge in [-0.25, -0.2) is 0 Å². The molecule has 25 heavy (non-hydrogen) atoms. The third-order valence-corrected chi connectivity index (χ3v) is 5.77. The molecular formula is C19H28ClN3O2. The number of likely N-dealkylation sites (N-methyl/N-ethyl adjacent to an activating group) is 1. The fourth-order valence-corrected chi connectivity index (χ4v) is 4.44. The molecule has 2 fully saturated rings. The zero-order valence-electron chi connectivity index (χ0n) is 15.1. The standard InChI is InChI=1S/C19H27N3O2.ClH/c1-11-5-4-6-12(2)18(11)21-15(23)10-22(3)19(24)16-13-7-8-14(9-13)17(16)20;/h4-6,13-14,16-17H,7-10,20H2,1-3H3,(H,21,23);1H. The van der Waals surface area contributed by atoms with Gasteiger partial charge in [-0.1, -0.05) is 18.2 Å². The lowest BCUT2D eigenvalue weighted by Gasteiger charge is -2.30. The maximum atomic E-state index is 12.7. The summed E-state index contributed by atoms with van der Waals surface area (Å²) in [4.78, 5) is 26.6. The fourth-order valence-electron chi connectivity index (χ4n) is 4.44. The van der Waals surface area contributed by atoms with E-state index in [0.717, 1.165) is 36.1 Å². The Kier molecular flexibility index (Phi) is 6.12. The lowest BCUT2D eigenvalue weighted by atomic mass is 9.84. The number of rotatable bonds is 4. The Morgan fingerprint density at radius 3 is 2.36 bits per heavy atom. The summed E-state index contributed by atoms with van der Waals surface area (Å²) < 4.78 is 0. The molecule has 0 radical (unpaired) electrons. The van der Waals surface area contributed by atoms with Crippen LogP contribution in [0.4, 0.5) is 5.69 Å². The van der Waals surface area contributed by atoms with E-state index >= 15 is 0 Å². The van der Waals surface area contributed by atoms with E-state index in [1.807, 2.05) is 32.0 Å². The zero-order chi connectivity index (χ0) is 17.4. The summed E-state index contributed by atoms with van der Waals surface area (Å²) in [5, 5.41) is 2.94. The van der Waals surface area contributed by atoms with Gasteiger partial charge in [0.05, 0.1) is 12.5 Å². The highest BCUT2D eigenvalue weighted by molar-refractivity contribution is 5.96. The second-order valence-corrected chi connectivity index (χ2v) is 7.45. The highest BCUT2D eigenvalue weighted by atomic mass is 35.5. The Labute approximate surface area is 155 Å². The first-order valence-electron chi connectivity index (χ1n) is 8.75. The minimum absolute atomic E-state index is 0. The highest BCUT2D eigenvalue weighted by Gasteiger charge is 2.49. The summed E-state index contributed by atoms with van der Waals surface area (Å²) in [6.07, 6.45) is 3.31. The Morgan fingerprint density at radius 2 is 1.80 bits per heavy atom.